The van der Waals surface area contributed by atoms with Crippen molar-refractivity contribution in [3.05, 3.63) is 50.7 Å². The van der Waals surface area contributed by atoms with Gasteiger partial charge in [-0.05, 0) is 62.5 Å². The molecule has 3 aromatic rings. The van der Waals surface area contributed by atoms with Gasteiger partial charge in [0.15, 0.2) is 0 Å². The van der Waals surface area contributed by atoms with Gasteiger partial charge in [0, 0.05) is 15.0 Å². The molecule has 0 spiro atoms. The number of benzene rings is 2. The monoisotopic (exact) mass is 397 g/mol. The normalized spacial score (nSPS) is 11.2. The lowest BCUT2D eigenvalue weighted by Gasteiger charge is -2.11. The predicted molar refractivity (Wildman–Crippen MR) is 85.6 cm³/mol. The van der Waals surface area contributed by atoms with E-state index >= 15 is 0 Å². The van der Waals surface area contributed by atoms with E-state index in [2.05, 4.69) is 36.8 Å². The number of nitrogen functional groups attached to an aromatic ring is 1. The summed E-state index contributed by atoms with van der Waals surface area (Å²) in [6.45, 7) is 1.72. The zero-order chi connectivity index (χ0) is 14.4. The van der Waals surface area contributed by atoms with Crippen molar-refractivity contribution >= 4 is 48.8 Å². The summed E-state index contributed by atoms with van der Waals surface area (Å²) in [5.74, 6) is 0.0333. The maximum Gasteiger partial charge on any atom is 0.206 e. The molecule has 2 N–H and O–H groups in total. The van der Waals surface area contributed by atoms with Crippen LogP contribution >= 0.6 is 31.9 Å². The van der Waals surface area contributed by atoms with Crippen molar-refractivity contribution in [2.45, 2.75) is 6.92 Å². The van der Waals surface area contributed by atoms with Crippen molar-refractivity contribution < 1.29 is 4.39 Å². The Kier molecular flexibility index (Phi) is 3.30. The SMILES string of the molecule is Cc1cc2c(cc1F)nc(N)n2-c1c(Br)cccc1Br. The van der Waals surface area contributed by atoms with Gasteiger partial charge in [-0.3, -0.25) is 4.57 Å². The number of nitrogens with two attached hydrogens (primary N) is 1. The molecule has 1 aromatic heterocycles. The molecule has 3 nitrogen and oxygen atoms in total. The van der Waals surface area contributed by atoms with Crippen molar-refractivity contribution in [1.82, 2.24) is 9.55 Å². The van der Waals surface area contributed by atoms with Gasteiger partial charge in [-0.25, -0.2) is 9.37 Å². The van der Waals surface area contributed by atoms with Crippen LogP contribution in [-0.2, 0) is 0 Å². The molecular formula is C14H10Br2FN3. The number of nitrogens with zero attached hydrogens (tertiary/aromatic N) is 2. The Morgan fingerprint density at radius 3 is 2.50 bits per heavy atom. The molecule has 1 heterocycles. The first kappa shape index (κ1) is 13.6. The smallest absolute Gasteiger partial charge is 0.206 e. The highest BCUT2D eigenvalue weighted by Crippen LogP contribution is 2.34. The molecule has 0 unspecified atom stereocenters. The summed E-state index contributed by atoms with van der Waals surface area (Å²) in [5.41, 5.74) is 8.72. The van der Waals surface area contributed by atoms with Crippen LogP contribution in [0.1, 0.15) is 5.56 Å². The van der Waals surface area contributed by atoms with Gasteiger partial charge in [0.25, 0.3) is 0 Å². The molecule has 0 amide bonds. The van der Waals surface area contributed by atoms with Gasteiger partial charge < -0.3 is 5.73 Å². The second-order valence-electron chi connectivity index (χ2n) is 4.47. The predicted octanol–water partition coefficient (Wildman–Crippen LogP) is 4.58. The molecule has 0 fully saturated rings. The van der Waals surface area contributed by atoms with E-state index < -0.39 is 0 Å². The molecule has 0 atom stereocenters. The molecule has 6 heteroatoms. The number of rotatable bonds is 1. The zero-order valence-corrected chi connectivity index (χ0v) is 13.7. The molecule has 0 saturated heterocycles. The Labute approximate surface area is 131 Å². The van der Waals surface area contributed by atoms with Crippen LogP contribution in [0.15, 0.2) is 39.3 Å². The Morgan fingerprint density at radius 2 is 1.85 bits per heavy atom. The maximum absolute atomic E-state index is 13.6. The van der Waals surface area contributed by atoms with Crippen molar-refractivity contribution in [3.8, 4) is 5.69 Å². The van der Waals surface area contributed by atoms with E-state index in [1.807, 2.05) is 18.2 Å². The van der Waals surface area contributed by atoms with Gasteiger partial charge >= 0.3 is 0 Å². The molecule has 0 aliphatic rings. The number of aryl methyl sites for hydroxylation is 1. The van der Waals surface area contributed by atoms with E-state index in [9.17, 15) is 4.39 Å². The van der Waals surface area contributed by atoms with E-state index in [0.717, 1.165) is 20.1 Å². The van der Waals surface area contributed by atoms with Crippen molar-refractivity contribution in [1.29, 1.82) is 0 Å². The summed E-state index contributed by atoms with van der Waals surface area (Å²) in [4.78, 5) is 4.23. The highest BCUT2D eigenvalue weighted by molar-refractivity contribution is 9.11. The first-order valence-corrected chi connectivity index (χ1v) is 7.46. The minimum atomic E-state index is -0.284. The lowest BCUT2D eigenvalue weighted by atomic mass is 10.2. The van der Waals surface area contributed by atoms with E-state index in [-0.39, 0.29) is 5.82 Å². The van der Waals surface area contributed by atoms with E-state index in [1.165, 1.54) is 6.07 Å². The number of hydrogen-bond donors (Lipinski definition) is 1. The Bertz CT molecular complexity index is 807. The summed E-state index contributed by atoms with van der Waals surface area (Å²) in [6, 6.07) is 8.91. The lowest BCUT2D eigenvalue weighted by molar-refractivity contribution is 0.620. The van der Waals surface area contributed by atoms with Gasteiger partial charge in [-0.1, -0.05) is 6.07 Å². The quantitative estimate of drug-likeness (QED) is 0.651. The van der Waals surface area contributed by atoms with Crippen LogP contribution in [0.5, 0.6) is 0 Å². The first-order valence-electron chi connectivity index (χ1n) is 5.87. The number of imidazole rings is 1. The molecule has 0 aliphatic heterocycles. The van der Waals surface area contributed by atoms with Crippen molar-refractivity contribution in [2.75, 3.05) is 5.73 Å². The Morgan fingerprint density at radius 1 is 1.20 bits per heavy atom. The zero-order valence-electron chi connectivity index (χ0n) is 10.5. The van der Waals surface area contributed by atoms with Crippen LogP contribution in [0, 0.1) is 12.7 Å². The van der Waals surface area contributed by atoms with Gasteiger partial charge in [-0.15, -0.1) is 0 Å². The second-order valence-corrected chi connectivity index (χ2v) is 6.17. The number of fused-ring (bicyclic) bond motifs is 1. The number of hydrogen-bond acceptors (Lipinski definition) is 2. The third-order valence-electron chi connectivity index (χ3n) is 3.12. The molecular weight excluding hydrogens is 389 g/mol. The molecule has 102 valence electrons. The van der Waals surface area contributed by atoms with Gasteiger partial charge in [0.1, 0.15) is 5.82 Å². The summed E-state index contributed by atoms with van der Waals surface area (Å²) in [5, 5.41) is 0. The van der Waals surface area contributed by atoms with Gasteiger partial charge in [-0.2, -0.15) is 0 Å². The van der Waals surface area contributed by atoms with E-state index in [0.29, 0.717) is 17.0 Å². The molecule has 0 aliphatic carbocycles. The molecule has 20 heavy (non-hydrogen) atoms. The Balaban J connectivity index is 2.42. The third kappa shape index (κ3) is 2.03. The van der Waals surface area contributed by atoms with Gasteiger partial charge in [0.2, 0.25) is 5.95 Å². The number of aromatic nitrogens is 2. The lowest BCUT2D eigenvalue weighted by Crippen LogP contribution is -2.02. The fraction of sp³-hybridized carbons (Fsp3) is 0.0714. The minimum absolute atomic E-state index is 0.284. The highest BCUT2D eigenvalue weighted by atomic mass is 79.9. The van der Waals surface area contributed by atoms with Gasteiger partial charge in [0.05, 0.1) is 16.7 Å². The molecule has 2 aromatic carbocycles. The molecule has 0 radical (unpaired) electrons. The second kappa shape index (κ2) is 4.86. The van der Waals surface area contributed by atoms with Crippen LogP contribution in [0.25, 0.3) is 16.7 Å². The maximum atomic E-state index is 13.6. The molecule has 0 saturated carbocycles. The van der Waals surface area contributed by atoms with Crippen LogP contribution < -0.4 is 5.73 Å². The topological polar surface area (TPSA) is 43.8 Å². The third-order valence-corrected chi connectivity index (χ3v) is 4.40. The molecule has 3 rings (SSSR count). The number of halogens is 3. The van der Waals surface area contributed by atoms with Crippen LogP contribution in [-0.4, -0.2) is 9.55 Å². The summed E-state index contributed by atoms with van der Waals surface area (Å²) < 4.78 is 17.2. The summed E-state index contributed by atoms with van der Waals surface area (Å²) in [7, 11) is 0. The van der Waals surface area contributed by atoms with E-state index in [4.69, 9.17) is 5.73 Å². The van der Waals surface area contributed by atoms with E-state index in [1.54, 1.807) is 17.6 Å². The van der Waals surface area contributed by atoms with Crippen molar-refractivity contribution in [3.63, 3.8) is 0 Å². The Hall–Kier alpha value is -1.40. The minimum Gasteiger partial charge on any atom is -0.369 e. The summed E-state index contributed by atoms with van der Waals surface area (Å²) >= 11 is 7.03. The summed E-state index contributed by atoms with van der Waals surface area (Å²) in [6.07, 6.45) is 0. The van der Waals surface area contributed by atoms with Crippen LogP contribution in [0.2, 0.25) is 0 Å². The fourth-order valence-electron chi connectivity index (χ4n) is 2.16. The number of para-hydroxylation sites is 1. The highest BCUT2D eigenvalue weighted by Gasteiger charge is 2.16. The standard InChI is InChI=1S/C14H10Br2FN3/c1-7-5-12-11(6-10(7)17)19-14(18)20(12)13-8(15)3-2-4-9(13)16/h2-6H,1H3,(H2,18,19). The fourth-order valence-corrected chi connectivity index (χ4v) is 3.51. The number of anilines is 1. The first-order chi connectivity index (χ1) is 9.49. The van der Waals surface area contributed by atoms with Crippen LogP contribution in [0.4, 0.5) is 10.3 Å². The average Bonchev–Trinajstić information content (AvgIpc) is 2.67. The largest absolute Gasteiger partial charge is 0.369 e. The molecule has 0 bridgehead atoms. The van der Waals surface area contributed by atoms with Crippen LogP contribution in [0.3, 0.4) is 0 Å². The van der Waals surface area contributed by atoms with Crippen molar-refractivity contribution in [2.24, 2.45) is 0 Å². The average molecular weight is 399 g/mol.